The Labute approximate surface area is 253 Å². The highest BCUT2D eigenvalue weighted by molar-refractivity contribution is 5.98. The molecule has 4 atom stereocenters. The van der Waals surface area contributed by atoms with Crippen LogP contribution in [0.1, 0.15) is 53.2 Å². The number of hydrogen-bond acceptors (Lipinski definition) is 3. The molecule has 1 N–H and O–H groups in total. The van der Waals surface area contributed by atoms with Gasteiger partial charge in [0.05, 0.1) is 29.0 Å². The lowest BCUT2D eigenvalue weighted by Gasteiger charge is -2.33. The van der Waals surface area contributed by atoms with Crippen molar-refractivity contribution in [1.29, 1.82) is 0 Å². The summed E-state index contributed by atoms with van der Waals surface area (Å²) in [5.74, 6) is -1.33. The van der Waals surface area contributed by atoms with E-state index in [-0.39, 0.29) is 24.1 Å². The van der Waals surface area contributed by atoms with Gasteiger partial charge in [-0.05, 0) is 77.6 Å². The number of alkyl halides is 6. The molecule has 1 amide bonds. The zero-order valence-electron chi connectivity index (χ0n) is 23.7. The maximum Gasteiger partial charge on any atom is 0.416 e. The number of hydrogen-bond donors (Lipinski definition) is 1. The van der Waals surface area contributed by atoms with Gasteiger partial charge in [-0.3, -0.25) is 9.89 Å². The van der Waals surface area contributed by atoms with E-state index in [1.165, 1.54) is 25.1 Å². The summed E-state index contributed by atoms with van der Waals surface area (Å²) in [5, 5.41) is 6.85. The number of amides is 1. The van der Waals surface area contributed by atoms with Crippen molar-refractivity contribution in [1.82, 2.24) is 15.1 Å². The predicted molar refractivity (Wildman–Crippen MR) is 151 cm³/mol. The topological polar surface area (TPSA) is 58.2 Å². The van der Waals surface area contributed by atoms with Crippen LogP contribution in [0, 0.1) is 5.82 Å². The Kier molecular flexibility index (Phi) is 7.80. The Bertz CT molecular complexity index is 1680. The van der Waals surface area contributed by atoms with E-state index in [1.54, 1.807) is 23.2 Å². The Morgan fingerprint density at radius 3 is 2.09 bits per heavy atom. The van der Waals surface area contributed by atoms with Crippen LogP contribution in [0.4, 0.5) is 30.7 Å². The second kappa shape index (κ2) is 11.5. The highest BCUT2D eigenvalue weighted by atomic mass is 19.4. The van der Waals surface area contributed by atoms with Crippen molar-refractivity contribution in [2.24, 2.45) is 0 Å². The highest BCUT2D eigenvalue weighted by Gasteiger charge is 2.48. The van der Waals surface area contributed by atoms with Crippen molar-refractivity contribution >= 4 is 11.5 Å². The van der Waals surface area contributed by atoms with Gasteiger partial charge in [0, 0.05) is 30.8 Å². The van der Waals surface area contributed by atoms with Crippen molar-refractivity contribution in [3.8, 4) is 11.3 Å². The third-order valence-corrected chi connectivity index (χ3v) is 8.38. The van der Waals surface area contributed by atoms with E-state index in [4.69, 9.17) is 4.74 Å². The lowest BCUT2D eigenvalue weighted by molar-refractivity contribution is -0.143. The fourth-order valence-corrected chi connectivity index (χ4v) is 6.18. The summed E-state index contributed by atoms with van der Waals surface area (Å²) in [6, 6.07) is 15.9. The maximum absolute atomic E-state index is 13.9. The van der Waals surface area contributed by atoms with E-state index in [0.29, 0.717) is 24.1 Å². The van der Waals surface area contributed by atoms with Crippen LogP contribution in [0.5, 0.6) is 0 Å². The van der Waals surface area contributed by atoms with E-state index in [9.17, 15) is 35.5 Å². The fourth-order valence-electron chi connectivity index (χ4n) is 6.18. The zero-order valence-corrected chi connectivity index (χ0v) is 23.7. The summed E-state index contributed by atoms with van der Waals surface area (Å²) in [6.45, 7) is 1.42. The highest BCUT2D eigenvalue weighted by Crippen LogP contribution is 2.45. The van der Waals surface area contributed by atoms with Gasteiger partial charge in [-0.2, -0.15) is 31.4 Å². The van der Waals surface area contributed by atoms with E-state index >= 15 is 0 Å². The summed E-state index contributed by atoms with van der Waals surface area (Å²) >= 11 is 0. The minimum Gasteiger partial charge on any atom is -0.368 e. The molecule has 0 saturated carbocycles. The fraction of sp³-hybridized carbons (Fsp3) is 0.273. The SMILES string of the molecule is C[C@@H](O[C@H]1CN2C(=O)C=C(c3ccc(-c4ccn[nH]4)cc3)C[C@H]2[C@@H]1c1ccc(F)cc1)c1cc(C(F)(F)F)cc(C(F)(F)F)c1. The maximum atomic E-state index is 13.9. The summed E-state index contributed by atoms with van der Waals surface area (Å²) in [6.07, 6.45) is -8.46. The number of ether oxygens (including phenoxy) is 1. The third kappa shape index (κ3) is 6.24. The van der Waals surface area contributed by atoms with Gasteiger partial charge in [-0.15, -0.1) is 0 Å². The molecule has 1 aromatic heterocycles. The first-order valence-corrected chi connectivity index (χ1v) is 14.1. The van der Waals surface area contributed by atoms with Gasteiger partial charge in [0.1, 0.15) is 5.82 Å². The number of nitrogens with one attached hydrogen (secondary N) is 1. The van der Waals surface area contributed by atoms with E-state index < -0.39 is 53.5 Å². The van der Waals surface area contributed by atoms with Crippen molar-refractivity contribution in [2.45, 2.75) is 49.9 Å². The first-order chi connectivity index (χ1) is 21.3. The molecule has 0 spiro atoms. The van der Waals surface area contributed by atoms with Crippen molar-refractivity contribution in [3.05, 3.63) is 119 Å². The van der Waals surface area contributed by atoms with E-state index in [0.717, 1.165) is 22.4 Å². The molecule has 45 heavy (non-hydrogen) atoms. The molecule has 234 valence electrons. The largest absolute Gasteiger partial charge is 0.416 e. The molecule has 0 bridgehead atoms. The number of aromatic amines is 1. The number of benzene rings is 3. The molecule has 4 aromatic rings. The molecule has 2 aliphatic heterocycles. The number of fused-ring (bicyclic) bond motifs is 1. The second-order valence-electron chi connectivity index (χ2n) is 11.2. The quantitative estimate of drug-likeness (QED) is 0.219. The van der Waals surface area contributed by atoms with Crippen LogP contribution in [0.15, 0.2) is 85.1 Å². The Morgan fingerprint density at radius 2 is 1.51 bits per heavy atom. The summed E-state index contributed by atoms with van der Waals surface area (Å²) < 4.78 is 101. The van der Waals surface area contributed by atoms with E-state index in [1.807, 2.05) is 30.3 Å². The van der Waals surface area contributed by atoms with Crippen LogP contribution in [-0.2, 0) is 21.9 Å². The van der Waals surface area contributed by atoms with Crippen LogP contribution >= 0.6 is 0 Å². The first kappa shape index (κ1) is 30.6. The average molecular weight is 630 g/mol. The first-order valence-electron chi connectivity index (χ1n) is 14.1. The molecule has 6 rings (SSSR count). The van der Waals surface area contributed by atoms with Crippen LogP contribution in [0.2, 0.25) is 0 Å². The van der Waals surface area contributed by atoms with Gasteiger partial charge in [-0.1, -0.05) is 36.4 Å². The number of H-pyrrole nitrogens is 1. The zero-order chi connectivity index (χ0) is 32.1. The molecule has 12 heteroatoms. The molecule has 2 aliphatic rings. The molecule has 1 fully saturated rings. The molecule has 0 aliphatic carbocycles. The summed E-state index contributed by atoms with van der Waals surface area (Å²) in [5.41, 5.74) is 0.735. The third-order valence-electron chi connectivity index (χ3n) is 8.38. The van der Waals surface area contributed by atoms with E-state index in [2.05, 4.69) is 10.2 Å². The van der Waals surface area contributed by atoms with Gasteiger partial charge >= 0.3 is 12.4 Å². The standard InChI is InChI=1S/C33H26F7N3O2/c1-18(22-12-24(32(35,36)37)16-25(13-22)33(38,39)40)45-29-17-43-28(31(29)21-6-8-26(34)9-7-21)14-23(15-30(43)44)19-2-4-20(5-3-19)27-10-11-41-42-27/h2-13,15-16,18,28-29,31H,14,17H2,1H3,(H,41,42)/t18-,28+,29+,31+/m1/s1. The molecular weight excluding hydrogens is 603 g/mol. The number of carbonyl (C=O) groups is 1. The van der Waals surface area contributed by atoms with Gasteiger partial charge < -0.3 is 9.64 Å². The van der Waals surface area contributed by atoms with Gasteiger partial charge in [0.25, 0.3) is 0 Å². The molecule has 3 heterocycles. The Balaban J connectivity index is 1.31. The van der Waals surface area contributed by atoms with Crippen LogP contribution < -0.4 is 0 Å². The van der Waals surface area contributed by atoms with Crippen molar-refractivity contribution < 1.29 is 40.3 Å². The number of nitrogens with zero attached hydrogens (tertiary/aromatic N) is 2. The minimum absolute atomic E-state index is 0.0452. The van der Waals surface area contributed by atoms with Crippen molar-refractivity contribution in [2.75, 3.05) is 6.54 Å². The van der Waals surface area contributed by atoms with Gasteiger partial charge in [0.2, 0.25) is 5.91 Å². The Morgan fingerprint density at radius 1 is 0.889 bits per heavy atom. The molecule has 0 unspecified atom stereocenters. The van der Waals surface area contributed by atoms with Crippen LogP contribution in [0.3, 0.4) is 0 Å². The predicted octanol–water partition coefficient (Wildman–Crippen LogP) is 8.18. The number of carbonyl (C=O) groups excluding carboxylic acids is 1. The van der Waals surface area contributed by atoms with Crippen LogP contribution in [-0.4, -0.2) is 39.7 Å². The summed E-state index contributed by atoms with van der Waals surface area (Å²) in [7, 11) is 0. The number of halogens is 7. The average Bonchev–Trinajstić information content (AvgIpc) is 3.66. The molecule has 1 saturated heterocycles. The smallest absolute Gasteiger partial charge is 0.368 e. The number of aromatic nitrogens is 2. The number of rotatable bonds is 6. The minimum atomic E-state index is -5.01. The molecular formula is C33H26F7N3O2. The molecule has 3 aromatic carbocycles. The monoisotopic (exact) mass is 629 g/mol. The van der Waals surface area contributed by atoms with Gasteiger partial charge in [0.15, 0.2) is 0 Å². The lowest BCUT2D eigenvalue weighted by Crippen LogP contribution is -2.39. The Hall–Kier alpha value is -4.45. The van der Waals surface area contributed by atoms with Crippen LogP contribution in [0.25, 0.3) is 16.8 Å². The van der Waals surface area contributed by atoms with Gasteiger partial charge in [-0.25, -0.2) is 4.39 Å². The lowest BCUT2D eigenvalue weighted by atomic mass is 9.83. The second-order valence-corrected chi connectivity index (χ2v) is 11.2. The summed E-state index contributed by atoms with van der Waals surface area (Å²) in [4.78, 5) is 15.0. The molecule has 0 radical (unpaired) electrons. The van der Waals surface area contributed by atoms with Crippen molar-refractivity contribution in [3.63, 3.8) is 0 Å². The molecule has 5 nitrogen and oxygen atoms in total. The normalized spacial score (nSPS) is 21.1.